The second kappa shape index (κ2) is 12.5. The molecule has 32 heavy (non-hydrogen) atoms. The van der Waals surface area contributed by atoms with Gasteiger partial charge in [-0.2, -0.15) is 0 Å². The Bertz CT molecular complexity index is 1030. The number of aromatic nitrogens is 1. The third-order valence-corrected chi connectivity index (χ3v) is 5.70. The first kappa shape index (κ1) is 23.3. The summed E-state index contributed by atoms with van der Waals surface area (Å²) in [7, 11) is 1.80. The van der Waals surface area contributed by atoms with Crippen LogP contribution >= 0.6 is 0 Å². The lowest BCUT2D eigenvalue weighted by atomic mass is 9.92. The van der Waals surface area contributed by atoms with Crippen molar-refractivity contribution in [1.29, 1.82) is 0 Å². The van der Waals surface area contributed by atoms with Crippen LogP contribution in [0.5, 0.6) is 0 Å². The molecule has 168 valence electrons. The van der Waals surface area contributed by atoms with Crippen molar-refractivity contribution >= 4 is 5.96 Å². The monoisotopic (exact) mass is 430 g/mol. The number of unbranched alkanes of at least 4 members (excludes halogenated alkanes) is 1. The number of nitrogens with zero attached hydrogens (tertiary/aromatic N) is 2. The van der Waals surface area contributed by atoms with Crippen LogP contribution in [0.25, 0.3) is 0 Å². The summed E-state index contributed by atoms with van der Waals surface area (Å²) in [6, 6.07) is 26.7. The maximum atomic E-state index is 12.0. The molecule has 3 rings (SSSR count). The molecule has 0 radical (unpaired) electrons. The number of guanidine groups is 1. The summed E-state index contributed by atoms with van der Waals surface area (Å²) in [5.41, 5.74) is 3.73. The molecule has 0 aliphatic carbocycles. The number of pyridine rings is 1. The molecule has 1 atom stereocenters. The third-order valence-electron chi connectivity index (χ3n) is 5.70. The minimum Gasteiger partial charge on any atom is -0.356 e. The van der Waals surface area contributed by atoms with Crippen molar-refractivity contribution < 1.29 is 0 Å². The van der Waals surface area contributed by atoms with Gasteiger partial charge in [0.15, 0.2) is 5.96 Å². The zero-order valence-corrected chi connectivity index (χ0v) is 19.1. The van der Waals surface area contributed by atoms with Gasteiger partial charge in [0.2, 0.25) is 0 Å². The predicted octanol–water partition coefficient (Wildman–Crippen LogP) is 4.13. The summed E-state index contributed by atoms with van der Waals surface area (Å²) in [5.74, 6) is 1.16. The van der Waals surface area contributed by atoms with E-state index in [9.17, 15) is 4.79 Å². The molecule has 1 unspecified atom stereocenters. The minimum atomic E-state index is 0.0702. The number of aryl methyl sites for hydroxylation is 1. The highest BCUT2D eigenvalue weighted by Crippen LogP contribution is 2.20. The minimum absolute atomic E-state index is 0.0702. The van der Waals surface area contributed by atoms with Crippen LogP contribution in [0, 0.1) is 6.92 Å². The SMILES string of the molecule is CN=C(NCCCCn1c(C)cccc1=O)NCC(Cc1ccccc1)c1ccccc1. The van der Waals surface area contributed by atoms with E-state index in [-0.39, 0.29) is 5.56 Å². The lowest BCUT2D eigenvalue weighted by Crippen LogP contribution is -2.40. The summed E-state index contributed by atoms with van der Waals surface area (Å²) in [5, 5.41) is 6.91. The van der Waals surface area contributed by atoms with Crippen LogP contribution in [0.3, 0.4) is 0 Å². The lowest BCUT2D eigenvalue weighted by Gasteiger charge is -2.20. The lowest BCUT2D eigenvalue weighted by molar-refractivity contribution is 0.573. The summed E-state index contributed by atoms with van der Waals surface area (Å²) in [6.45, 7) is 4.34. The molecular weight excluding hydrogens is 396 g/mol. The van der Waals surface area contributed by atoms with E-state index in [0.717, 1.165) is 50.6 Å². The highest BCUT2D eigenvalue weighted by molar-refractivity contribution is 5.79. The average Bonchev–Trinajstić information content (AvgIpc) is 2.82. The molecule has 2 N–H and O–H groups in total. The number of nitrogens with one attached hydrogen (secondary N) is 2. The molecule has 0 aliphatic heterocycles. The molecule has 0 amide bonds. The zero-order valence-electron chi connectivity index (χ0n) is 19.1. The van der Waals surface area contributed by atoms with Crippen molar-refractivity contribution in [2.24, 2.45) is 4.99 Å². The van der Waals surface area contributed by atoms with Gasteiger partial charge in [-0.1, -0.05) is 66.7 Å². The van der Waals surface area contributed by atoms with Crippen LogP contribution in [-0.2, 0) is 13.0 Å². The van der Waals surface area contributed by atoms with Gasteiger partial charge >= 0.3 is 0 Å². The Hall–Kier alpha value is -3.34. The summed E-state index contributed by atoms with van der Waals surface area (Å²) >= 11 is 0. The van der Waals surface area contributed by atoms with E-state index < -0.39 is 0 Å². The van der Waals surface area contributed by atoms with E-state index in [1.807, 2.05) is 23.6 Å². The predicted molar refractivity (Wildman–Crippen MR) is 133 cm³/mol. The average molecular weight is 431 g/mol. The van der Waals surface area contributed by atoms with Crippen LogP contribution in [0.15, 0.2) is 88.6 Å². The molecule has 3 aromatic rings. The van der Waals surface area contributed by atoms with Crippen molar-refractivity contribution in [3.63, 3.8) is 0 Å². The Balaban J connectivity index is 1.48. The van der Waals surface area contributed by atoms with Crippen LogP contribution in [0.1, 0.15) is 35.6 Å². The molecule has 0 spiro atoms. The first-order valence-electron chi connectivity index (χ1n) is 11.4. The van der Waals surface area contributed by atoms with E-state index in [1.165, 1.54) is 11.1 Å². The third kappa shape index (κ3) is 7.12. The van der Waals surface area contributed by atoms with Crippen LogP contribution < -0.4 is 16.2 Å². The van der Waals surface area contributed by atoms with Gasteiger partial charge in [-0.15, -0.1) is 0 Å². The standard InChI is InChI=1S/C27H34N4O/c1-22-12-11-17-26(32)31(22)19-10-9-18-29-27(28-2)30-21-25(24-15-7-4-8-16-24)20-23-13-5-3-6-14-23/h3-8,11-17,25H,9-10,18-21H2,1-2H3,(H2,28,29,30). The Labute approximate surface area is 191 Å². The topological polar surface area (TPSA) is 58.4 Å². The summed E-state index contributed by atoms with van der Waals surface area (Å²) < 4.78 is 1.83. The fourth-order valence-electron chi connectivity index (χ4n) is 3.88. The first-order chi connectivity index (χ1) is 15.7. The van der Waals surface area contributed by atoms with Gasteiger partial charge in [0.1, 0.15) is 0 Å². The summed E-state index contributed by atoms with van der Waals surface area (Å²) in [4.78, 5) is 16.4. The van der Waals surface area contributed by atoms with E-state index in [2.05, 4.69) is 76.3 Å². The fraction of sp³-hybridized carbons (Fsp3) is 0.333. The largest absolute Gasteiger partial charge is 0.356 e. The van der Waals surface area contributed by atoms with E-state index in [4.69, 9.17) is 0 Å². The molecule has 5 heteroatoms. The van der Waals surface area contributed by atoms with Crippen molar-refractivity contribution in [1.82, 2.24) is 15.2 Å². The second-order valence-corrected chi connectivity index (χ2v) is 8.04. The van der Waals surface area contributed by atoms with Crippen molar-refractivity contribution in [2.45, 2.75) is 38.6 Å². The van der Waals surface area contributed by atoms with Gasteiger partial charge in [-0.05, 0) is 43.4 Å². The molecule has 2 aromatic carbocycles. The van der Waals surface area contributed by atoms with Crippen molar-refractivity contribution in [3.05, 3.63) is 106 Å². The van der Waals surface area contributed by atoms with Crippen molar-refractivity contribution in [2.75, 3.05) is 20.1 Å². The van der Waals surface area contributed by atoms with Gasteiger partial charge < -0.3 is 15.2 Å². The first-order valence-corrected chi connectivity index (χ1v) is 11.4. The normalized spacial score (nSPS) is 12.4. The van der Waals surface area contributed by atoms with E-state index in [0.29, 0.717) is 5.92 Å². The number of hydrogen-bond acceptors (Lipinski definition) is 2. The Kier molecular flexibility index (Phi) is 9.11. The van der Waals surface area contributed by atoms with Crippen LogP contribution in [0.2, 0.25) is 0 Å². The van der Waals surface area contributed by atoms with Crippen LogP contribution in [0.4, 0.5) is 0 Å². The highest BCUT2D eigenvalue weighted by atomic mass is 16.1. The van der Waals surface area contributed by atoms with Gasteiger partial charge in [-0.3, -0.25) is 9.79 Å². The van der Waals surface area contributed by atoms with Gasteiger partial charge in [-0.25, -0.2) is 0 Å². The molecule has 0 aliphatic rings. The van der Waals surface area contributed by atoms with Gasteiger partial charge in [0.25, 0.3) is 5.56 Å². The molecule has 5 nitrogen and oxygen atoms in total. The molecular formula is C27H34N4O. The van der Waals surface area contributed by atoms with E-state index in [1.54, 1.807) is 13.1 Å². The summed E-state index contributed by atoms with van der Waals surface area (Å²) in [6.07, 6.45) is 2.88. The second-order valence-electron chi connectivity index (χ2n) is 8.04. The highest BCUT2D eigenvalue weighted by Gasteiger charge is 2.13. The van der Waals surface area contributed by atoms with Crippen molar-refractivity contribution in [3.8, 4) is 0 Å². The van der Waals surface area contributed by atoms with Crippen LogP contribution in [-0.4, -0.2) is 30.7 Å². The quantitative estimate of drug-likeness (QED) is 0.289. The molecule has 0 fully saturated rings. The number of rotatable bonds is 10. The Morgan fingerprint density at radius 1 is 0.906 bits per heavy atom. The van der Waals surface area contributed by atoms with Gasteiger partial charge in [0, 0.05) is 44.4 Å². The van der Waals surface area contributed by atoms with Gasteiger partial charge in [0.05, 0.1) is 0 Å². The maximum Gasteiger partial charge on any atom is 0.250 e. The fourth-order valence-corrected chi connectivity index (χ4v) is 3.88. The molecule has 1 aromatic heterocycles. The Morgan fingerprint density at radius 3 is 2.31 bits per heavy atom. The molecule has 0 saturated heterocycles. The maximum absolute atomic E-state index is 12.0. The smallest absolute Gasteiger partial charge is 0.250 e. The molecule has 1 heterocycles. The molecule has 0 saturated carbocycles. The number of benzene rings is 2. The Morgan fingerprint density at radius 2 is 1.62 bits per heavy atom. The molecule has 0 bridgehead atoms. The van der Waals surface area contributed by atoms with E-state index >= 15 is 0 Å². The number of hydrogen-bond donors (Lipinski definition) is 2. The zero-order chi connectivity index (χ0) is 22.6. The number of aliphatic imine (C=N–C) groups is 1.